The van der Waals surface area contributed by atoms with Crippen molar-refractivity contribution in [3.8, 4) is 0 Å². The van der Waals surface area contributed by atoms with Crippen molar-refractivity contribution in [3.05, 3.63) is 0 Å². The van der Waals surface area contributed by atoms with Crippen LogP contribution in [0.2, 0.25) is 0 Å². The molecule has 0 aliphatic carbocycles. The zero-order valence-corrected chi connectivity index (χ0v) is 22.8. The first-order chi connectivity index (χ1) is 16.9. The van der Waals surface area contributed by atoms with Crippen LogP contribution in [-0.2, 0) is 23.9 Å². The first kappa shape index (κ1) is 33.4. The van der Waals surface area contributed by atoms with Crippen LogP contribution < -0.4 is 5.32 Å². The highest BCUT2D eigenvalue weighted by molar-refractivity contribution is 5.75. The first-order valence-electron chi connectivity index (χ1n) is 14.1. The van der Waals surface area contributed by atoms with Crippen molar-refractivity contribution in [1.82, 2.24) is 5.32 Å². The van der Waals surface area contributed by atoms with Gasteiger partial charge in [0.1, 0.15) is 0 Å². The van der Waals surface area contributed by atoms with Gasteiger partial charge in [-0.15, -0.1) is 0 Å². The van der Waals surface area contributed by atoms with Gasteiger partial charge in [-0.3, -0.25) is 14.4 Å². The van der Waals surface area contributed by atoms with E-state index in [0.717, 1.165) is 44.9 Å². The Hall–Kier alpha value is -1.63. The maximum atomic E-state index is 12.1. The SMILES string of the molecule is CCCCCCC(CCCC)COC(=O)CCCCCCCCC(=O)NCC(CO)COC(C)=O. The van der Waals surface area contributed by atoms with Crippen LogP contribution >= 0.6 is 0 Å². The molecule has 0 rings (SSSR count). The molecule has 0 saturated carbocycles. The molecule has 0 radical (unpaired) electrons. The molecule has 0 spiro atoms. The third kappa shape index (κ3) is 22.6. The van der Waals surface area contributed by atoms with Gasteiger partial charge in [0, 0.05) is 32.2 Å². The lowest BCUT2D eigenvalue weighted by molar-refractivity contribution is -0.145. The van der Waals surface area contributed by atoms with E-state index < -0.39 is 5.97 Å². The highest BCUT2D eigenvalue weighted by Gasteiger charge is 2.13. The molecule has 7 heteroatoms. The summed E-state index contributed by atoms with van der Waals surface area (Å²) in [4.78, 5) is 34.8. The van der Waals surface area contributed by atoms with E-state index in [1.165, 1.54) is 51.9 Å². The Balaban J connectivity index is 3.74. The number of unbranched alkanes of at least 4 members (excludes halogenated alkanes) is 9. The topological polar surface area (TPSA) is 102 Å². The van der Waals surface area contributed by atoms with Crippen molar-refractivity contribution in [2.75, 3.05) is 26.4 Å². The second-order valence-electron chi connectivity index (χ2n) is 9.82. The molecule has 0 fully saturated rings. The predicted octanol–water partition coefficient (Wildman–Crippen LogP) is 5.72. The summed E-state index contributed by atoms with van der Waals surface area (Å²) in [5.41, 5.74) is 0. The van der Waals surface area contributed by atoms with E-state index in [2.05, 4.69) is 19.2 Å². The van der Waals surface area contributed by atoms with Crippen molar-refractivity contribution < 1.29 is 29.0 Å². The molecule has 0 saturated heterocycles. The maximum absolute atomic E-state index is 12.1. The number of nitrogens with one attached hydrogen (secondary N) is 1. The van der Waals surface area contributed by atoms with Gasteiger partial charge in [-0.25, -0.2) is 0 Å². The van der Waals surface area contributed by atoms with E-state index >= 15 is 0 Å². The fourth-order valence-electron chi connectivity index (χ4n) is 3.97. The van der Waals surface area contributed by atoms with E-state index in [4.69, 9.17) is 9.47 Å². The highest BCUT2D eigenvalue weighted by Crippen LogP contribution is 2.18. The fourth-order valence-corrected chi connectivity index (χ4v) is 3.97. The summed E-state index contributed by atoms with van der Waals surface area (Å²) in [6.07, 6.45) is 16.5. The van der Waals surface area contributed by atoms with Gasteiger partial charge < -0.3 is 19.9 Å². The minimum Gasteiger partial charge on any atom is -0.465 e. The lowest BCUT2D eigenvalue weighted by atomic mass is 9.96. The first-order valence-corrected chi connectivity index (χ1v) is 14.1. The molecule has 2 N–H and O–H groups in total. The third-order valence-electron chi connectivity index (χ3n) is 6.32. The monoisotopic (exact) mass is 499 g/mol. The number of hydrogen-bond donors (Lipinski definition) is 2. The van der Waals surface area contributed by atoms with Gasteiger partial charge >= 0.3 is 11.9 Å². The predicted molar refractivity (Wildman–Crippen MR) is 140 cm³/mol. The summed E-state index contributed by atoms with van der Waals surface area (Å²) in [5.74, 6) is -0.266. The van der Waals surface area contributed by atoms with E-state index in [1.54, 1.807) is 0 Å². The van der Waals surface area contributed by atoms with Gasteiger partial charge in [-0.05, 0) is 31.6 Å². The minimum atomic E-state index is -0.393. The van der Waals surface area contributed by atoms with E-state index in [-0.39, 0.29) is 31.0 Å². The number of aliphatic hydroxyl groups excluding tert-OH is 1. The van der Waals surface area contributed by atoms with Crippen LogP contribution in [0.4, 0.5) is 0 Å². The molecule has 0 bridgehead atoms. The summed E-state index contributed by atoms with van der Waals surface area (Å²) in [6.45, 7) is 6.60. The van der Waals surface area contributed by atoms with Crippen molar-refractivity contribution in [2.45, 2.75) is 124 Å². The number of rotatable bonds is 24. The summed E-state index contributed by atoms with van der Waals surface area (Å²) in [7, 11) is 0. The summed E-state index contributed by atoms with van der Waals surface area (Å²) in [6, 6.07) is 0. The number of ether oxygens (including phenoxy) is 2. The standard InChI is InChI=1S/C28H53NO6/c1-4-6-8-13-17-25(16-7-5-2)22-35-28(33)19-15-12-10-9-11-14-18-27(32)29-20-26(21-30)23-34-24(3)31/h25-26,30H,4-23H2,1-3H3,(H,29,32). The molecule has 1 amide bonds. The molecule has 0 aromatic carbocycles. The van der Waals surface area contributed by atoms with E-state index in [1.807, 2.05) is 0 Å². The number of aliphatic hydroxyl groups is 1. The van der Waals surface area contributed by atoms with Crippen LogP contribution in [0.5, 0.6) is 0 Å². The molecular weight excluding hydrogens is 446 g/mol. The van der Waals surface area contributed by atoms with Crippen LogP contribution in [-0.4, -0.2) is 49.3 Å². The van der Waals surface area contributed by atoms with Crippen molar-refractivity contribution in [3.63, 3.8) is 0 Å². The molecule has 2 unspecified atom stereocenters. The average molecular weight is 500 g/mol. The number of amides is 1. The molecule has 0 aliphatic rings. The van der Waals surface area contributed by atoms with E-state index in [0.29, 0.717) is 31.9 Å². The van der Waals surface area contributed by atoms with Crippen LogP contribution in [0.15, 0.2) is 0 Å². The smallest absolute Gasteiger partial charge is 0.305 e. The van der Waals surface area contributed by atoms with Gasteiger partial charge in [0.2, 0.25) is 5.91 Å². The lowest BCUT2D eigenvalue weighted by Crippen LogP contribution is -2.33. The van der Waals surface area contributed by atoms with Gasteiger partial charge in [-0.2, -0.15) is 0 Å². The quantitative estimate of drug-likeness (QED) is 0.130. The Labute approximate surface area is 214 Å². The summed E-state index contributed by atoms with van der Waals surface area (Å²) >= 11 is 0. The van der Waals surface area contributed by atoms with Crippen LogP contribution in [0.1, 0.15) is 124 Å². The molecule has 2 atom stereocenters. The van der Waals surface area contributed by atoms with E-state index in [9.17, 15) is 19.5 Å². The number of esters is 2. The molecule has 206 valence electrons. The summed E-state index contributed by atoms with van der Waals surface area (Å²) in [5, 5.41) is 12.1. The second kappa shape index (κ2) is 24.1. The number of carbonyl (C=O) groups excluding carboxylic acids is 3. The van der Waals surface area contributed by atoms with Gasteiger partial charge in [0.05, 0.1) is 19.8 Å². The van der Waals surface area contributed by atoms with Gasteiger partial charge in [-0.1, -0.05) is 78.1 Å². The Morgan fingerprint density at radius 2 is 1.29 bits per heavy atom. The molecule has 0 aliphatic heterocycles. The minimum absolute atomic E-state index is 0.0448. The van der Waals surface area contributed by atoms with Crippen molar-refractivity contribution >= 4 is 17.8 Å². The van der Waals surface area contributed by atoms with Crippen molar-refractivity contribution in [2.24, 2.45) is 11.8 Å². The molecule has 0 heterocycles. The van der Waals surface area contributed by atoms with Crippen LogP contribution in [0.3, 0.4) is 0 Å². The molecule has 0 aromatic rings. The Bertz CT molecular complexity index is 540. The zero-order valence-electron chi connectivity index (χ0n) is 22.8. The normalized spacial score (nSPS) is 12.7. The Kier molecular flexibility index (Phi) is 23.0. The number of carbonyl (C=O) groups is 3. The fraction of sp³-hybridized carbons (Fsp3) is 0.893. The van der Waals surface area contributed by atoms with Crippen molar-refractivity contribution in [1.29, 1.82) is 0 Å². The molecule has 35 heavy (non-hydrogen) atoms. The van der Waals surface area contributed by atoms with Gasteiger partial charge in [0.15, 0.2) is 0 Å². The molecule has 0 aromatic heterocycles. The van der Waals surface area contributed by atoms with Gasteiger partial charge in [0.25, 0.3) is 0 Å². The second-order valence-corrected chi connectivity index (χ2v) is 9.82. The maximum Gasteiger partial charge on any atom is 0.305 e. The Morgan fingerprint density at radius 1 is 0.714 bits per heavy atom. The average Bonchev–Trinajstić information content (AvgIpc) is 2.84. The highest BCUT2D eigenvalue weighted by atomic mass is 16.5. The van der Waals surface area contributed by atoms with Crippen LogP contribution in [0.25, 0.3) is 0 Å². The molecular formula is C28H53NO6. The zero-order chi connectivity index (χ0) is 26.2. The summed E-state index contributed by atoms with van der Waals surface area (Å²) < 4.78 is 10.4. The number of hydrogen-bond acceptors (Lipinski definition) is 6. The van der Waals surface area contributed by atoms with Crippen LogP contribution in [0, 0.1) is 11.8 Å². The Morgan fingerprint density at radius 3 is 1.91 bits per heavy atom. The largest absolute Gasteiger partial charge is 0.465 e. The lowest BCUT2D eigenvalue weighted by Gasteiger charge is -2.16. The third-order valence-corrected chi connectivity index (χ3v) is 6.32. The molecule has 7 nitrogen and oxygen atoms in total.